The SMILES string of the molecule is Cc1scc(C(=O)Nc2ccc(OCC(C)C)cc2)c1C. The Labute approximate surface area is 130 Å². The van der Waals surface area contributed by atoms with Crippen molar-refractivity contribution in [2.45, 2.75) is 27.7 Å². The van der Waals surface area contributed by atoms with E-state index in [9.17, 15) is 4.79 Å². The van der Waals surface area contributed by atoms with E-state index in [-0.39, 0.29) is 5.91 Å². The third-order valence-electron chi connectivity index (χ3n) is 3.23. The largest absolute Gasteiger partial charge is 0.493 e. The van der Waals surface area contributed by atoms with Crippen LogP contribution in [0, 0.1) is 19.8 Å². The van der Waals surface area contributed by atoms with Gasteiger partial charge in [0.1, 0.15) is 5.75 Å². The van der Waals surface area contributed by atoms with Gasteiger partial charge in [0, 0.05) is 15.9 Å². The second-order valence-corrected chi connectivity index (χ2v) is 6.60. The van der Waals surface area contributed by atoms with Gasteiger partial charge in [0.15, 0.2) is 0 Å². The molecule has 3 nitrogen and oxygen atoms in total. The Balaban J connectivity index is 2.00. The molecule has 21 heavy (non-hydrogen) atoms. The number of hydrogen-bond acceptors (Lipinski definition) is 3. The fourth-order valence-corrected chi connectivity index (χ4v) is 2.70. The highest BCUT2D eigenvalue weighted by Crippen LogP contribution is 2.22. The lowest BCUT2D eigenvalue weighted by Crippen LogP contribution is -2.12. The van der Waals surface area contributed by atoms with Gasteiger partial charge < -0.3 is 10.1 Å². The third-order valence-corrected chi connectivity index (χ3v) is 4.24. The quantitative estimate of drug-likeness (QED) is 0.873. The van der Waals surface area contributed by atoms with Gasteiger partial charge in [-0.05, 0) is 49.6 Å². The van der Waals surface area contributed by atoms with Crippen molar-refractivity contribution in [3.8, 4) is 5.75 Å². The van der Waals surface area contributed by atoms with Crippen molar-refractivity contribution in [1.82, 2.24) is 0 Å². The summed E-state index contributed by atoms with van der Waals surface area (Å²) in [4.78, 5) is 13.4. The number of carbonyl (C=O) groups is 1. The molecule has 0 atom stereocenters. The van der Waals surface area contributed by atoms with Gasteiger partial charge in [-0.2, -0.15) is 0 Å². The van der Waals surface area contributed by atoms with Crippen LogP contribution in [-0.2, 0) is 0 Å². The molecule has 1 aromatic heterocycles. The summed E-state index contributed by atoms with van der Waals surface area (Å²) in [5.74, 6) is 1.26. The maximum absolute atomic E-state index is 12.2. The standard InChI is InChI=1S/C17H21NO2S/c1-11(2)9-20-15-7-5-14(6-8-15)18-17(19)16-10-21-13(4)12(16)3/h5-8,10-11H,9H2,1-4H3,(H,18,19). The summed E-state index contributed by atoms with van der Waals surface area (Å²) in [6.07, 6.45) is 0. The number of rotatable bonds is 5. The van der Waals surface area contributed by atoms with Crippen LogP contribution in [0.3, 0.4) is 0 Å². The molecule has 1 aromatic carbocycles. The average molecular weight is 303 g/mol. The van der Waals surface area contributed by atoms with Crippen LogP contribution in [0.4, 0.5) is 5.69 Å². The van der Waals surface area contributed by atoms with Crippen molar-refractivity contribution >= 4 is 22.9 Å². The summed E-state index contributed by atoms with van der Waals surface area (Å²) in [6.45, 7) is 8.92. The summed E-state index contributed by atoms with van der Waals surface area (Å²) in [5.41, 5.74) is 2.58. The highest BCUT2D eigenvalue weighted by atomic mass is 32.1. The van der Waals surface area contributed by atoms with Gasteiger partial charge in [-0.25, -0.2) is 0 Å². The normalized spacial score (nSPS) is 10.7. The van der Waals surface area contributed by atoms with E-state index in [4.69, 9.17) is 4.74 Å². The zero-order valence-corrected chi connectivity index (χ0v) is 13.7. The van der Waals surface area contributed by atoms with Crippen LogP contribution in [0.15, 0.2) is 29.6 Å². The second-order valence-electron chi connectivity index (χ2n) is 5.51. The van der Waals surface area contributed by atoms with Crippen LogP contribution in [0.2, 0.25) is 0 Å². The first-order valence-corrected chi connectivity index (χ1v) is 7.94. The van der Waals surface area contributed by atoms with Gasteiger partial charge in [0.25, 0.3) is 5.91 Å². The van der Waals surface area contributed by atoms with Crippen molar-refractivity contribution in [2.24, 2.45) is 5.92 Å². The lowest BCUT2D eigenvalue weighted by Gasteiger charge is -2.10. The van der Waals surface area contributed by atoms with Crippen molar-refractivity contribution in [2.75, 3.05) is 11.9 Å². The molecular formula is C17H21NO2S. The van der Waals surface area contributed by atoms with E-state index >= 15 is 0 Å². The molecule has 0 unspecified atom stereocenters. The van der Waals surface area contributed by atoms with Crippen molar-refractivity contribution in [1.29, 1.82) is 0 Å². The van der Waals surface area contributed by atoms with Crippen LogP contribution in [0.5, 0.6) is 5.75 Å². The highest BCUT2D eigenvalue weighted by Gasteiger charge is 2.12. The Morgan fingerprint density at radius 3 is 2.43 bits per heavy atom. The number of thiophene rings is 1. The van der Waals surface area contributed by atoms with Gasteiger partial charge in [-0.15, -0.1) is 11.3 Å². The molecular weight excluding hydrogens is 282 g/mol. The molecule has 1 heterocycles. The van der Waals surface area contributed by atoms with Crippen LogP contribution >= 0.6 is 11.3 Å². The minimum absolute atomic E-state index is 0.0623. The number of amides is 1. The van der Waals surface area contributed by atoms with Crippen LogP contribution < -0.4 is 10.1 Å². The number of anilines is 1. The smallest absolute Gasteiger partial charge is 0.256 e. The summed E-state index contributed by atoms with van der Waals surface area (Å²) in [6, 6.07) is 7.48. The Bertz CT molecular complexity index is 614. The van der Waals surface area contributed by atoms with Gasteiger partial charge in [-0.1, -0.05) is 13.8 Å². The van der Waals surface area contributed by atoms with Crippen molar-refractivity contribution < 1.29 is 9.53 Å². The van der Waals surface area contributed by atoms with Gasteiger partial charge in [0.2, 0.25) is 0 Å². The molecule has 2 aromatic rings. The van der Waals surface area contributed by atoms with Gasteiger partial charge in [0.05, 0.1) is 12.2 Å². The fourth-order valence-electron chi connectivity index (χ4n) is 1.83. The van der Waals surface area contributed by atoms with E-state index < -0.39 is 0 Å². The molecule has 0 aliphatic carbocycles. The lowest BCUT2D eigenvalue weighted by atomic mass is 10.1. The predicted molar refractivity (Wildman–Crippen MR) is 88.5 cm³/mol. The van der Waals surface area contributed by atoms with Crippen LogP contribution in [0.1, 0.15) is 34.6 Å². The maximum atomic E-state index is 12.2. The van der Waals surface area contributed by atoms with Crippen LogP contribution in [-0.4, -0.2) is 12.5 Å². The number of ether oxygens (including phenoxy) is 1. The molecule has 0 aliphatic rings. The summed E-state index contributed by atoms with van der Waals surface area (Å²) >= 11 is 1.60. The molecule has 2 rings (SSSR count). The minimum Gasteiger partial charge on any atom is -0.493 e. The first-order chi connectivity index (χ1) is 9.97. The first-order valence-electron chi connectivity index (χ1n) is 7.06. The Morgan fingerprint density at radius 2 is 1.90 bits per heavy atom. The first kappa shape index (κ1) is 15.6. The number of aryl methyl sites for hydroxylation is 1. The molecule has 0 saturated heterocycles. The maximum Gasteiger partial charge on any atom is 0.256 e. The Hall–Kier alpha value is -1.81. The van der Waals surface area contributed by atoms with E-state index in [1.165, 1.54) is 4.88 Å². The molecule has 1 N–H and O–H groups in total. The van der Waals surface area contributed by atoms with E-state index in [1.54, 1.807) is 11.3 Å². The lowest BCUT2D eigenvalue weighted by molar-refractivity contribution is 0.102. The zero-order chi connectivity index (χ0) is 15.4. The molecule has 4 heteroatoms. The van der Waals surface area contributed by atoms with Crippen molar-refractivity contribution in [3.63, 3.8) is 0 Å². The molecule has 1 amide bonds. The molecule has 0 fully saturated rings. The fraction of sp³-hybridized carbons (Fsp3) is 0.353. The van der Waals surface area contributed by atoms with Crippen LogP contribution in [0.25, 0.3) is 0 Å². The van der Waals surface area contributed by atoms with Gasteiger partial charge >= 0.3 is 0 Å². The molecule has 0 aliphatic heterocycles. The summed E-state index contributed by atoms with van der Waals surface area (Å²) in [7, 11) is 0. The van der Waals surface area contributed by atoms with Gasteiger partial charge in [-0.3, -0.25) is 4.79 Å². The topological polar surface area (TPSA) is 38.3 Å². The van der Waals surface area contributed by atoms with Crippen molar-refractivity contribution in [3.05, 3.63) is 45.6 Å². The average Bonchev–Trinajstić information content (AvgIpc) is 2.78. The Morgan fingerprint density at radius 1 is 1.24 bits per heavy atom. The van der Waals surface area contributed by atoms with E-state index in [0.29, 0.717) is 12.5 Å². The minimum atomic E-state index is -0.0623. The number of hydrogen-bond donors (Lipinski definition) is 1. The monoisotopic (exact) mass is 303 g/mol. The molecule has 0 spiro atoms. The third kappa shape index (κ3) is 4.08. The summed E-state index contributed by atoms with van der Waals surface area (Å²) in [5, 5.41) is 4.82. The van der Waals surface area contributed by atoms with E-state index in [1.807, 2.05) is 43.5 Å². The van der Waals surface area contributed by atoms with E-state index in [2.05, 4.69) is 19.2 Å². The molecule has 0 radical (unpaired) electrons. The zero-order valence-electron chi connectivity index (χ0n) is 12.9. The number of carbonyl (C=O) groups excluding carboxylic acids is 1. The number of benzene rings is 1. The number of nitrogens with one attached hydrogen (secondary N) is 1. The van der Waals surface area contributed by atoms with E-state index in [0.717, 1.165) is 22.6 Å². The summed E-state index contributed by atoms with van der Waals surface area (Å²) < 4.78 is 5.62. The second kappa shape index (κ2) is 6.76. The highest BCUT2D eigenvalue weighted by molar-refractivity contribution is 7.10. The Kier molecular flexibility index (Phi) is 5.02. The molecule has 0 bridgehead atoms. The predicted octanol–water partition coefficient (Wildman–Crippen LogP) is 4.65. The molecule has 0 saturated carbocycles. The molecule has 112 valence electrons.